The summed E-state index contributed by atoms with van der Waals surface area (Å²) in [5.74, 6) is 0. The van der Waals surface area contributed by atoms with Crippen LogP contribution in [0.5, 0.6) is 0 Å². The Morgan fingerprint density at radius 2 is 1.85 bits per heavy atom. The third-order valence-corrected chi connectivity index (χ3v) is 3.41. The maximum atomic E-state index is 11.9. The summed E-state index contributed by atoms with van der Waals surface area (Å²) in [6.07, 6.45) is 2.34. The summed E-state index contributed by atoms with van der Waals surface area (Å²) in [6.45, 7) is 3.91. The van der Waals surface area contributed by atoms with Crippen molar-refractivity contribution in [2.75, 3.05) is 0 Å². The zero-order valence-electron chi connectivity index (χ0n) is 11.5. The summed E-state index contributed by atoms with van der Waals surface area (Å²) in [6, 6.07) is 9.64. The lowest BCUT2D eigenvalue weighted by Gasteiger charge is -2.12. The van der Waals surface area contributed by atoms with Crippen LogP contribution in [-0.2, 0) is 11.2 Å². The van der Waals surface area contributed by atoms with Crippen molar-refractivity contribution in [3.8, 4) is 5.69 Å². The minimum absolute atomic E-state index is 0.0521. The summed E-state index contributed by atoms with van der Waals surface area (Å²) in [7, 11) is 0. The van der Waals surface area contributed by atoms with Crippen LogP contribution in [0.2, 0.25) is 0 Å². The van der Waals surface area contributed by atoms with Crippen molar-refractivity contribution >= 4 is 16.8 Å². The minimum Gasteiger partial charge on any atom is -0.321 e. The minimum atomic E-state index is -0.424. The summed E-state index contributed by atoms with van der Waals surface area (Å²) in [5, 5.41) is -0.424. The van der Waals surface area contributed by atoms with E-state index in [1.807, 2.05) is 42.7 Å². The molecule has 4 heteroatoms. The Kier molecular flexibility index (Phi) is 4.40. The lowest BCUT2D eigenvalue weighted by atomic mass is 10.1. The first-order valence-electron chi connectivity index (χ1n) is 6.45. The largest absolute Gasteiger partial charge is 0.321 e. The van der Waals surface area contributed by atoms with Gasteiger partial charge < -0.3 is 4.57 Å². The molecule has 0 unspecified atom stereocenters. The highest BCUT2D eigenvalue weighted by molar-refractivity contribution is 6.63. The molecule has 0 aliphatic heterocycles. The van der Waals surface area contributed by atoms with Crippen LogP contribution in [0.4, 0.5) is 0 Å². The van der Waals surface area contributed by atoms with E-state index in [-0.39, 0.29) is 11.8 Å². The Balaban J connectivity index is 2.42. The Labute approximate surface area is 122 Å². The summed E-state index contributed by atoms with van der Waals surface area (Å²) >= 11 is 5.34. The van der Waals surface area contributed by atoms with Crippen LogP contribution in [0.1, 0.15) is 23.2 Å². The van der Waals surface area contributed by atoms with Gasteiger partial charge in [0.15, 0.2) is 5.43 Å². The molecule has 104 valence electrons. The second-order valence-corrected chi connectivity index (χ2v) is 5.29. The van der Waals surface area contributed by atoms with Crippen LogP contribution in [0.3, 0.4) is 0 Å². The van der Waals surface area contributed by atoms with Crippen LogP contribution in [0.15, 0.2) is 41.3 Å². The van der Waals surface area contributed by atoms with Gasteiger partial charge in [0.2, 0.25) is 5.24 Å². The van der Waals surface area contributed by atoms with Crippen LogP contribution < -0.4 is 5.43 Å². The molecule has 0 saturated heterocycles. The number of carbonyl (C=O) groups is 1. The second-order valence-electron chi connectivity index (χ2n) is 4.86. The lowest BCUT2D eigenvalue weighted by molar-refractivity contribution is -0.111. The Morgan fingerprint density at radius 3 is 2.45 bits per heavy atom. The highest BCUT2D eigenvalue weighted by atomic mass is 35.5. The normalized spacial score (nSPS) is 10.6. The number of carbonyl (C=O) groups excluding carboxylic acids is 1. The molecule has 0 atom stereocenters. The molecule has 0 bridgehead atoms. The molecule has 1 heterocycles. The van der Waals surface area contributed by atoms with E-state index in [1.54, 1.807) is 12.3 Å². The third-order valence-electron chi connectivity index (χ3n) is 3.22. The topological polar surface area (TPSA) is 39.1 Å². The number of halogens is 1. The molecule has 2 rings (SSSR count). The van der Waals surface area contributed by atoms with Gasteiger partial charge in [-0.2, -0.15) is 0 Å². The van der Waals surface area contributed by atoms with Gasteiger partial charge in [0.1, 0.15) is 0 Å². The van der Waals surface area contributed by atoms with Gasteiger partial charge in [-0.25, -0.2) is 0 Å². The molecular weight excluding hydrogens is 274 g/mol. The molecule has 20 heavy (non-hydrogen) atoms. The van der Waals surface area contributed by atoms with Gasteiger partial charge in [-0.15, -0.1) is 0 Å². The highest BCUT2D eigenvalue weighted by Gasteiger charge is 2.07. The van der Waals surface area contributed by atoms with Gasteiger partial charge in [0.25, 0.3) is 0 Å². The Morgan fingerprint density at radius 1 is 1.20 bits per heavy atom. The van der Waals surface area contributed by atoms with E-state index >= 15 is 0 Å². The molecule has 2 aromatic rings. The van der Waals surface area contributed by atoms with Gasteiger partial charge in [-0.05, 0) is 44.0 Å². The number of aryl methyl sites for hydroxylation is 3. The van der Waals surface area contributed by atoms with Crippen molar-refractivity contribution in [2.24, 2.45) is 0 Å². The first kappa shape index (κ1) is 14.5. The number of aromatic nitrogens is 1. The number of benzene rings is 1. The van der Waals surface area contributed by atoms with E-state index in [2.05, 4.69) is 0 Å². The first-order chi connectivity index (χ1) is 9.47. The molecule has 0 amide bonds. The van der Waals surface area contributed by atoms with Crippen molar-refractivity contribution in [3.05, 3.63) is 63.6 Å². The van der Waals surface area contributed by atoms with Crippen molar-refractivity contribution in [1.82, 2.24) is 4.57 Å². The Hall–Kier alpha value is -1.87. The van der Waals surface area contributed by atoms with Crippen molar-refractivity contribution in [3.63, 3.8) is 0 Å². The van der Waals surface area contributed by atoms with Gasteiger partial charge in [0, 0.05) is 35.6 Å². The second kappa shape index (κ2) is 6.06. The molecule has 3 nitrogen and oxygen atoms in total. The average molecular weight is 290 g/mol. The molecule has 0 aliphatic rings. The highest BCUT2D eigenvalue weighted by Crippen LogP contribution is 2.13. The Bertz CT molecular complexity index is 687. The number of hydrogen-bond acceptors (Lipinski definition) is 2. The molecule has 0 aliphatic carbocycles. The fraction of sp³-hybridized carbons (Fsp3) is 0.250. The van der Waals surface area contributed by atoms with Crippen LogP contribution in [0.25, 0.3) is 5.69 Å². The van der Waals surface area contributed by atoms with E-state index in [9.17, 15) is 9.59 Å². The molecule has 0 radical (unpaired) electrons. The predicted molar refractivity (Wildman–Crippen MR) is 80.7 cm³/mol. The van der Waals surface area contributed by atoms with E-state index in [0.717, 1.165) is 11.4 Å². The quantitative estimate of drug-likeness (QED) is 0.811. The van der Waals surface area contributed by atoms with E-state index in [4.69, 9.17) is 11.6 Å². The zero-order chi connectivity index (χ0) is 14.7. The molecule has 1 aromatic carbocycles. The molecule has 0 fully saturated rings. The van der Waals surface area contributed by atoms with Crippen LogP contribution >= 0.6 is 11.6 Å². The lowest BCUT2D eigenvalue weighted by Crippen LogP contribution is -2.14. The van der Waals surface area contributed by atoms with Gasteiger partial charge in [-0.1, -0.05) is 17.7 Å². The monoisotopic (exact) mass is 289 g/mol. The standard InChI is InChI=1S/C16H16ClNO2/c1-11-3-6-14(7-4-11)18-10-13(5-8-16(17)20)15(19)9-12(18)2/h3-4,6-7,9-10H,5,8H2,1-2H3. The average Bonchev–Trinajstić information content (AvgIpc) is 2.39. The van der Waals surface area contributed by atoms with E-state index in [0.29, 0.717) is 12.0 Å². The fourth-order valence-corrected chi connectivity index (χ4v) is 2.17. The van der Waals surface area contributed by atoms with E-state index in [1.165, 1.54) is 5.56 Å². The van der Waals surface area contributed by atoms with E-state index < -0.39 is 5.24 Å². The smallest absolute Gasteiger partial charge is 0.221 e. The van der Waals surface area contributed by atoms with Crippen molar-refractivity contribution in [2.45, 2.75) is 26.7 Å². The maximum absolute atomic E-state index is 11.9. The third kappa shape index (κ3) is 3.36. The van der Waals surface area contributed by atoms with Crippen molar-refractivity contribution < 1.29 is 4.79 Å². The number of rotatable bonds is 4. The molecule has 0 saturated carbocycles. The molecule has 1 aromatic heterocycles. The molecule has 0 N–H and O–H groups in total. The summed E-state index contributed by atoms with van der Waals surface area (Å²) in [5.41, 5.74) is 3.58. The molecular formula is C16H16ClNO2. The fourth-order valence-electron chi connectivity index (χ4n) is 2.08. The zero-order valence-corrected chi connectivity index (χ0v) is 12.3. The molecule has 0 spiro atoms. The van der Waals surface area contributed by atoms with Crippen LogP contribution in [0, 0.1) is 13.8 Å². The van der Waals surface area contributed by atoms with Gasteiger partial charge in [-0.3, -0.25) is 9.59 Å². The number of pyridine rings is 1. The summed E-state index contributed by atoms with van der Waals surface area (Å²) < 4.78 is 1.95. The van der Waals surface area contributed by atoms with Crippen LogP contribution in [-0.4, -0.2) is 9.81 Å². The van der Waals surface area contributed by atoms with Crippen molar-refractivity contribution in [1.29, 1.82) is 0 Å². The number of hydrogen-bond donors (Lipinski definition) is 0. The maximum Gasteiger partial charge on any atom is 0.221 e. The number of nitrogens with zero attached hydrogens (tertiary/aromatic N) is 1. The van der Waals surface area contributed by atoms with Gasteiger partial charge in [0.05, 0.1) is 0 Å². The SMILES string of the molecule is Cc1ccc(-n2cc(CCC(=O)Cl)c(=O)cc2C)cc1. The summed E-state index contributed by atoms with van der Waals surface area (Å²) in [4.78, 5) is 22.8. The predicted octanol–water partition coefficient (Wildman–Crippen LogP) is 3.15. The van der Waals surface area contributed by atoms with Gasteiger partial charge >= 0.3 is 0 Å². The first-order valence-corrected chi connectivity index (χ1v) is 6.83.